The number of carbonyl (C=O) groups is 1. The van der Waals surface area contributed by atoms with Gasteiger partial charge in [-0.05, 0) is 36.8 Å². The number of hydrogen-bond donors (Lipinski definition) is 0. The lowest BCUT2D eigenvalue weighted by Gasteiger charge is -2.33. The van der Waals surface area contributed by atoms with Gasteiger partial charge in [0, 0.05) is 13.1 Å². The fourth-order valence-corrected chi connectivity index (χ4v) is 4.36. The Hall–Kier alpha value is -2.51. The van der Waals surface area contributed by atoms with Gasteiger partial charge in [-0.2, -0.15) is 0 Å². The van der Waals surface area contributed by atoms with Crippen molar-refractivity contribution in [3.05, 3.63) is 63.5 Å². The van der Waals surface area contributed by atoms with Crippen LogP contribution >= 0.6 is 11.3 Å². The summed E-state index contributed by atoms with van der Waals surface area (Å²) >= 11 is 1.44. The molecule has 0 spiro atoms. The molecule has 2 aromatic heterocycles. The Morgan fingerprint density at radius 3 is 2.93 bits per heavy atom. The van der Waals surface area contributed by atoms with Crippen LogP contribution in [-0.2, 0) is 22.7 Å². The number of aromatic nitrogens is 2. The van der Waals surface area contributed by atoms with Crippen LogP contribution in [-0.4, -0.2) is 39.6 Å². The largest absolute Gasteiger partial charge is 0.372 e. The summed E-state index contributed by atoms with van der Waals surface area (Å²) < 4.78 is 7.50. The van der Waals surface area contributed by atoms with Crippen molar-refractivity contribution in [3.8, 4) is 0 Å². The maximum absolute atomic E-state index is 12.9. The summed E-state index contributed by atoms with van der Waals surface area (Å²) in [5.41, 5.74) is 0.981. The molecule has 0 aliphatic carbocycles. The number of aryl methyl sites for hydroxylation is 1. The highest BCUT2D eigenvalue weighted by Crippen LogP contribution is 2.17. The van der Waals surface area contributed by atoms with E-state index in [9.17, 15) is 9.59 Å². The number of ether oxygens (including phenoxy) is 1. The zero-order valence-corrected chi connectivity index (χ0v) is 16.7. The molecule has 28 heavy (non-hydrogen) atoms. The number of likely N-dealkylation sites (tertiary alicyclic amines) is 1. The smallest absolute Gasteiger partial charge is 0.262 e. The number of carbonyl (C=O) groups excluding carboxylic acids is 1. The van der Waals surface area contributed by atoms with Crippen molar-refractivity contribution in [2.24, 2.45) is 0 Å². The van der Waals surface area contributed by atoms with Crippen molar-refractivity contribution in [3.63, 3.8) is 0 Å². The van der Waals surface area contributed by atoms with Crippen LogP contribution in [0.2, 0.25) is 0 Å². The van der Waals surface area contributed by atoms with Crippen LogP contribution in [0.1, 0.15) is 24.2 Å². The fraction of sp³-hybridized carbons (Fsp3) is 0.381. The molecule has 1 aliphatic rings. The van der Waals surface area contributed by atoms with E-state index >= 15 is 0 Å². The summed E-state index contributed by atoms with van der Waals surface area (Å²) in [6.07, 6.45) is 1.87. The van der Waals surface area contributed by atoms with E-state index in [0.29, 0.717) is 30.9 Å². The van der Waals surface area contributed by atoms with E-state index in [1.165, 1.54) is 15.9 Å². The van der Waals surface area contributed by atoms with E-state index in [2.05, 4.69) is 4.98 Å². The van der Waals surface area contributed by atoms with Gasteiger partial charge >= 0.3 is 0 Å². The lowest BCUT2D eigenvalue weighted by molar-refractivity contribution is -0.136. The van der Waals surface area contributed by atoms with E-state index in [0.717, 1.165) is 23.2 Å². The average Bonchev–Trinajstić information content (AvgIpc) is 3.19. The lowest BCUT2D eigenvalue weighted by atomic mass is 10.1. The third kappa shape index (κ3) is 4.00. The quantitative estimate of drug-likeness (QED) is 0.664. The van der Waals surface area contributed by atoms with Gasteiger partial charge in [0.1, 0.15) is 17.2 Å². The first-order valence-electron chi connectivity index (χ1n) is 9.50. The molecule has 1 aromatic carbocycles. The maximum atomic E-state index is 12.9. The Balaban J connectivity index is 1.41. The molecule has 1 amide bonds. The van der Waals surface area contributed by atoms with Crippen molar-refractivity contribution in [2.45, 2.75) is 39.0 Å². The first-order chi connectivity index (χ1) is 13.6. The maximum Gasteiger partial charge on any atom is 0.262 e. The van der Waals surface area contributed by atoms with Gasteiger partial charge in [-0.3, -0.25) is 14.2 Å². The van der Waals surface area contributed by atoms with Gasteiger partial charge in [0.05, 0.1) is 18.1 Å². The van der Waals surface area contributed by atoms with E-state index < -0.39 is 0 Å². The number of rotatable bonds is 5. The SMILES string of the molecule is Cc1nc2sccc2c(=O)n1CC(=O)N1CCCC(OCc2ccccc2)C1. The molecule has 1 fully saturated rings. The number of piperidine rings is 1. The van der Waals surface area contributed by atoms with Crippen LogP contribution in [0, 0.1) is 6.92 Å². The average molecular weight is 398 g/mol. The molecular weight excluding hydrogens is 374 g/mol. The Kier molecular flexibility index (Phi) is 5.54. The van der Waals surface area contributed by atoms with Crippen LogP contribution in [0.3, 0.4) is 0 Å². The monoisotopic (exact) mass is 397 g/mol. The van der Waals surface area contributed by atoms with Crippen molar-refractivity contribution in [2.75, 3.05) is 13.1 Å². The van der Waals surface area contributed by atoms with Crippen molar-refractivity contribution in [1.29, 1.82) is 0 Å². The second kappa shape index (κ2) is 8.24. The number of thiophene rings is 1. The first kappa shape index (κ1) is 18.8. The van der Waals surface area contributed by atoms with Crippen molar-refractivity contribution < 1.29 is 9.53 Å². The Morgan fingerprint density at radius 1 is 1.29 bits per heavy atom. The van der Waals surface area contributed by atoms with E-state index in [1.54, 1.807) is 13.0 Å². The minimum absolute atomic E-state index is 0.0215. The fourth-order valence-electron chi connectivity index (χ4n) is 3.56. The first-order valence-corrected chi connectivity index (χ1v) is 10.4. The Morgan fingerprint density at radius 2 is 2.11 bits per heavy atom. The number of nitrogens with zero attached hydrogens (tertiary/aromatic N) is 3. The third-order valence-electron chi connectivity index (χ3n) is 5.13. The zero-order chi connectivity index (χ0) is 19.5. The van der Waals surface area contributed by atoms with Crippen LogP contribution in [0.15, 0.2) is 46.6 Å². The van der Waals surface area contributed by atoms with Gasteiger partial charge < -0.3 is 9.64 Å². The second-order valence-electron chi connectivity index (χ2n) is 7.09. The molecule has 146 valence electrons. The van der Waals surface area contributed by atoms with Crippen molar-refractivity contribution in [1.82, 2.24) is 14.5 Å². The molecule has 1 atom stereocenters. The summed E-state index contributed by atoms with van der Waals surface area (Å²) in [6.45, 7) is 3.61. The second-order valence-corrected chi connectivity index (χ2v) is 7.98. The molecule has 1 unspecified atom stereocenters. The van der Waals surface area contributed by atoms with Gasteiger partial charge in [-0.25, -0.2) is 4.98 Å². The molecule has 6 nitrogen and oxygen atoms in total. The summed E-state index contributed by atoms with van der Waals surface area (Å²) in [5, 5.41) is 2.43. The van der Waals surface area contributed by atoms with Gasteiger partial charge in [-0.15, -0.1) is 11.3 Å². The minimum Gasteiger partial charge on any atom is -0.372 e. The summed E-state index contributed by atoms with van der Waals surface area (Å²) in [4.78, 5) is 32.5. The van der Waals surface area contributed by atoms with E-state index in [1.807, 2.05) is 40.6 Å². The molecule has 1 saturated heterocycles. The Labute approximate surface area is 167 Å². The summed E-state index contributed by atoms with van der Waals surface area (Å²) in [5.74, 6) is 0.511. The van der Waals surface area contributed by atoms with E-state index in [-0.39, 0.29) is 24.1 Å². The topological polar surface area (TPSA) is 64.4 Å². The third-order valence-corrected chi connectivity index (χ3v) is 5.93. The van der Waals surface area contributed by atoms with Crippen LogP contribution in [0.5, 0.6) is 0 Å². The van der Waals surface area contributed by atoms with Gasteiger partial charge in [-0.1, -0.05) is 30.3 Å². The highest BCUT2D eigenvalue weighted by molar-refractivity contribution is 7.16. The number of fused-ring (bicyclic) bond motifs is 1. The molecule has 3 aromatic rings. The predicted octanol–water partition coefficient (Wildman–Crippen LogP) is 2.97. The number of amides is 1. The minimum atomic E-state index is -0.147. The lowest BCUT2D eigenvalue weighted by Crippen LogP contribution is -2.45. The molecule has 0 saturated carbocycles. The van der Waals surface area contributed by atoms with Crippen molar-refractivity contribution >= 4 is 27.5 Å². The van der Waals surface area contributed by atoms with Gasteiger partial charge in [0.2, 0.25) is 5.91 Å². The molecule has 7 heteroatoms. The predicted molar refractivity (Wildman–Crippen MR) is 109 cm³/mol. The zero-order valence-electron chi connectivity index (χ0n) is 15.8. The number of hydrogen-bond acceptors (Lipinski definition) is 5. The normalized spacial score (nSPS) is 17.2. The van der Waals surface area contributed by atoms with Gasteiger partial charge in [0.15, 0.2) is 0 Å². The molecule has 0 bridgehead atoms. The molecule has 0 N–H and O–H groups in total. The Bertz CT molecular complexity index is 1030. The standard InChI is InChI=1S/C21H23N3O3S/c1-15-22-20-18(9-11-28-20)21(26)24(15)13-19(25)23-10-5-8-17(12-23)27-14-16-6-3-2-4-7-16/h2-4,6-7,9,11,17H,5,8,10,12-14H2,1H3. The van der Waals surface area contributed by atoms with Gasteiger partial charge in [0.25, 0.3) is 5.56 Å². The van der Waals surface area contributed by atoms with Crippen LogP contribution in [0.4, 0.5) is 0 Å². The summed E-state index contributed by atoms with van der Waals surface area (Å²) in [6, 6.07) is 11.8. The highest BCUT2D eigenvalue weighted by atomic mass is 32.1. The molecule has 4 rings (SSSR count). The highest BCUT2D eigenvalue weighted by Gasteiger charge is 2.25. The summed E-state index contributed by atoms with van der Waals surface area (Å²) in [7, 11) is 0. The molecule has 1 aliphatic heterocycles. The van der Waals surface area contributed by atoms with Crippen LogP contribution in [0.25, 0.3) is 10.2 Å². The van der Waals surface area contributed by atoms with Crippen LogP contribution < -0.4 is 5.56 Å². The van der Waals surface area contributed by atoms with E-state index in [4.69, 9.17) is 4.74 Å². The molecule has 3 heterocycles. The molecule has 0 radical (unpaired) electrons. The number of benzene rings is 1. The molecular formula is C21H23N3O3S.